The van der Waals surface area contributed by atoms with Gasteiger partial charge in [-0.3, -0.25) is 0 Å². The van der Waals surface area contributed by atoms with Gasteiger partial charge in [0.2, 0.25) is 0 Å². The molecule has 1 saturated heterocycles. The molecule has 0 spiro atoms. The van der Waals surface area contributed by atoms with Gasteiger partial charge in [0.25, 0.3) is 0 Å². The summed E-state index contributed by atoms with van der Waals surface area (Å²) in [5.41, 5.74) is 0. The zero-order chi connectivity index (χ0) is 14.2. The largest absolute Gasteiger partial charge is 0.314 e. The van der Waals surface area contributed by atoms with Gasteiger partial charge in [-0.05, 0) is 57.7 Å². The Morgan fingerprint density at radius 1 is 1.05 bits per heavy atom. The summed E-state index contributed by atoms with van der Waals surface area (Å²) >= 11 is 0. The van der Waals surface area contributed by atoms with E-state index in [4.69, 9.17) is 0 Å². The maximum atomic E-state index is 3.87. The number of piperidine rings is 1. The van der Waals surface area contributed by atoms with E-state index in [1.54, 1.807) is 0 Å². The average Bonchev–Trinajstić information content (AvgIpc) is 2.95. The fraction of sp³-hybridized carbons (Fsp3) is 1.00. The van der Waals surface area contributed by atoms with Crippen LogP contribution in [0, 0.1) is 5.92 Å². The molecule has 3 heteroatoms. The average molecular weight is 281 g/mol. The molecule has 0 radical (unpaired) electrons. The van der Waals surface area contributed by atoms with E-state index in [9.17, 15) is 0 Å². The van der Waals surface area contributed by atoms with Crippen LogP contribution in [-0.2, 0) is 0 Å². The third-order valence-electron chi connectivity index (χ3n) is 5.26. The van der Waals surface area contributed by atoms with E-state index in [1.165, 1.54) is 77.7 Å². The van der Waals surface area contributed by atoms with Crippen molar-refractivity contribution >= 4 is 0 Å². The molecule has 0 aromatic carbocycles. The molecule has 1 aliphatic heterocycles. The molecule has 20 heavy (non-hydrogen) atoms. The van der Waals surface area contributed by atoms with Gasteiger partial charge in [-0.25, -0.2) is 0 Å². The molecule has 1 aliphatic carbocycles. The molecule has 1 saturated carbocycles. The number of likely N-dealkylation sites (N-methyl/N-ethyl adjacent to an activating group) is 1. The van der Waals surface area contributed by atoms with Crippen LogP contribution in [0.25, 0.3) is 0 Å². The predicted octanol–water partition coefficient (Wildman–Crippen LogP) is 2.62. The topological polar surface area (TPSA) is 27.3 Å². The fourth-order valence-corrected chi connectivity index (χ4v) is 4.12. The van der Waals surface area contributed by atoms with Crippen LogP contribution in [0.4, 0.5) is 0 Å². The molecule has 0 amide bonds. The van der Waals surface area contributed by atoms with Gasteiger partial charge in [-0.2, -0.15) is 0 Å². The van der Waals surface area contributed by atoms with Crippen molar-refractivity contribution in [3.05, 3.63) is 0 Å². The highest BCUT2D eigenvalue weighted by Crippen LogP contribution is 2.31. The summed E-state index contributed by atoms with van der Waals surface area (Å²) in [7, 11) is 0. The predicted molar refractivity (Wildman–Crippen MR) is 87.2 cm³/mol. The van der Waals surface area contributed by atoms with Crippen LogP contribution in [0.5, 0.6) is 0 Å². The van der Waals surface area contributed by atoms with Gasteiger partial charge in [0.05, 0.1) is 0 Å². The number of hydrogen-bond acceptors (Lipinski definition) is 3. The summed E-state index contributed by atoms with van der Waals surface area (Å²) in [6.07, 6.45) is 9.73. The highest BCUT2D eigenvalue weighted by atomic mass is 15.1. The molecular formula is C17H35N3. The fourth-order valence-electron chi connectivity index (χ4n) is 4.12. The van der Waals surface area contributed by atoms with Gasteiger partial charge in [-0.15, -0.1) is 0 Å². The molecule has 2 N–H and O–H groups in total. The molecule has 1 heterocycles. The molecule has 0 bridgehead atoms. The number of nitrogens with one attached hydrogen (secondary N) is 2. The maximum Gasteiger partial charge on any atom is 0.0111 e. The van der Waals surface area contributed by atoms with Crippen LogP contribution >= 0.6 is 0 Å². The van der Waals surface area contributed by atoms with Gasteiger partial charge < -0.3 is 15.5 Å². The summed E-state index contributed by atoms with van der Waals surface area (Å²) in [6.45, 7) is 10.6. The van der Waals surface area contributed by atoms with E-state index < -0.39 is 0 Å². The normalized spacial score (nSPS) is 31.1. The lowest BCUT2D eigenvalue weighted by Gasteiger charge is -2.33. The van der Waals surface area contributed by atoms with Crippen molar-refractivity contribution in [2.24, 2.45) is 5.92 Å². The van der Waals surface area contributed by atoms with E-state index in [0.29, 0.717) is 0 Å². The zero-order valence-electron chi connectivity index (χ0n) is 13.7. The molecule has 0 aromatic rings. The lowest BCUT2D eigenvalue weighted by atomic mass is 9.88. The Morgan fingerprint density at radius 3 is 2.65 bits per heavy atom. The van der Waals surface area contributed by atoms with Gasteiger partial charge in [0.1, 0.15) is 0 Å². The van der Waals surface area contributed by atoms with E-state index in [1.807, 2.05) is 0 Å². The van der Waals surface area contributed by atoms with Crippen molar-refractivity contribution in [3.8, 4) is 0 Å². The van der Waals surface area contributed by atoms with Crippen molar-refractivity contribution in [3.63, 3.8) is 0 Å². The van der Waals surface area contributed by atoms with Gasteiger partial charge >= 0.3 is 0 Å². The molecule has 2 fully saturated rings. The van der Waals surface area contributed by atoms with Crippen LogP contribution in [0.15, 0.2) is 0 Å². The van der Waals surface area contributed by atoms with Crippen LogP contribution in [-0.4, -0.2) is 49.7 Å². The van der Waals surface area contributed by atoms with Crippen LogP contribution in [0.2, 0.25) is 0 Å². The maximum absolute atomic E-state index is 3.87. The highest BCUT2D eigenvalue weighted by molar-refractivity contribution is 4.92. The second-order valence-corrected chi connectivity index (χ2v) is 6.65. The Hall–Kier alpha value is -0.120. The minimum Gasteiger partial charge on any atom is -0.314 e. The summed E-state index contributed by atoms with van der Waals surface area (Å²) in [5.74, 6) is 0.886. The van der Waals surface area contributed by atoms with E-state index in [2.05, 4.69) is 29.4 Å². The molecule has 3 nitrogen and oxygen atoms in total. The van der Waals surface area contributed by atoms with E-state index in [0.717, 1.165) is 18.0 Å². The minimum atomic E-state index is 0.769. The minimum absolute atomic E-state index is 0.769. The SMILES string of the molecule is CCCN(CC)CCNC1CCCC1C1CCCCN1. The second kappa shape index (κ2) is 9.01. The first-order valence-corrected chi connectivity index (χ1v) is 9.04. The third-order valence-corrected chi connectivity index (χ3v) is 5.26. The first-order valence-electron chi connectivity index (χ1n) is 9.04. The molecule has 0 aromatic heterocycles. The Balaban J connectivity index is 1.70. The quantitative estimate of drug-likeness (QED) is 0.716. The van der Waals surface area contributed by atoms with Crippen molar-refractivity contribution in [2.75, 3.05) is 32.7 Å². The zero-order valence-corrected chi connectivity index (χ0v) is 13.7. The van der Waals surface area contributed by atoms with Crippen molar-refractivity contribution < 1.29 is 0 Å². The smallest absolute Gasteiger partial charge is 0.0111 e. The van der Waals surface area contributed by atoms with Crippen LogP contribution < -0.4 is 10.6 Å². The van der Waals surface area contributed by atoms with Crippen molar-refractivity contribution in [1.29, 1.82) is 0 Å². The lowest BCUT2D eigenvalue weighted by molar-refractivity contribution is 0.241. The standard InChI is InChI=1S/C17H35N3/c1-3-13-20(4-2)14-12-19-17-10-7-8-15(17)16-9-5-6-11-18-16/h15-19H,3-14H2,1-2H3. The first kappa shape index (κ1) is 16.3. The lowest BCUT2D eigenvalue weighted by Crippen LogP contribution is -2.48. The first-order chi connectivity index (χ1) is 9.85. The summed E-state index contributed by atoms with van der Waals surface area (Å²) in [5, 5.41) is 7.64. The monoisotopic (exact) mass is 281 g/mol. The van der Waals surface area contributed by atoms with Crippen LogP contribution in [0.1, 0.15) is 58.8 Å². The number of nitrogens with zero attached hydrogens (tertiary/aromatic N) is 1. The molecule has 3 atom stereocenters. The molecule has 2 aliphatic rings. The number of hydrogen-bond donors (Lipinski definition) is 2. The molecule has 118 valence electrons. The Kier molecular flexibility index (Phi) is 7.32. The van der Waals surface area contributed by atoms with Gasteiger partial charge in [0, 0.05) is 25.2 Å². The molecule has 3 unspecified atom stereocenters. The van der Waals surface area contributed by atoms with Crippen molar-refractivity contribution in [2.45, 2.75) is 70.9 Å². The Morgan fingerprint density at radius 2 is 1.95 bits per heavy atom. The van der Waals surface area contributed by atoms with Gasteiger partial charge in [-0.1, -0.05) is 26.7 Å². The second-order valence-electron chi connectivity index (χ2n) is 6.65. The van der Waals surface area contributed by atoms with E-state index >= 15 is 0 Å². The van der Waals surface area contributed by atoms with Crippen molar-refractivity contribution in [1.82, 2.24) is 15.5 Å². The summed E-state index contributed by atoms with van der Waals surface area (Å²) in [6, 6.07) is 1.56. The number of rotatable bonds is 8. The summed E-state index contributed by atoms with van der Waals surface area (Å²) in [4.78, 5) is 2.57. The van der Waals surface area contributed by atoms with Crippen LogP contribution in [0.3, 0.4) is 0 Å². The third kappa shape index (κ3) is 4.71. The highest BCUT2D eigenvalue weighted by Gasteiger charge is 2.33. The molecule has 2 rings (SSSR count). The van der Waals surface area contributed by atoms with E-state index in [-0.39, 0.29) is 0 Å². The Labute approximate surface area is 125 Å². The van der Waals surface area contributed by atoms with Gasteiger partial charge in [0.15, 0.2) is 0 Å². The molecular weight excluding hydrogens is 246 g/mol. The Bertz CT molecular complexity index is 251. The summed E-state index contributed by atoms with van der Waals surface area (Å²) < 4.78 is 0.